The molecule has 0 unspecified atom stereocenters. The fourth-order valence-electron chi connectivity index (χ4n) is 1.34. The quantitative estimate of drug-likeness (QED) is 0.833. The number of hydrogen-bond donors (Lipinski definition) is 2. The number of aromatic hydroxyl groups is 1. The van der Waals surface area contributed by atoms with Crippen molar-refractivity contribution in [3.05, 3.63) is 45.1 Å². The Morgan fingerprint density at radius 2 is 2.24 bits per heavy atom. The van der Waals surface area contributed by atoms with Crippen molar-refractivity contribution >= 4 is 28.6 Å². The van der Waals surface area contributed by atoms with Crippen molar-refractivity contribution in [2.45, 2.75) is 6.54 Å². The van der Waals surface area contributed by atoms with Gasteiger partial charge in [0.05, 0.1) is 10.6 Å². The number of nitriles is 1. The number of nitrogens with one attached hydrogen (secondary N) is 1. The molecule has 2 N–H and O–H groups in total. The number of phenols is 1. The molecule has 2 rings (SSSR count). The van der Waals surface area contributed by atoms with Crippen molar-refractivity contribution in [1.29, 1.82) is 5.26 Å². The lowest BCUT2D eigenvalue weighted by Crippen LogP contribution is -1.96. The smallest absolute Gasteiger partial charge is 0.134 e. The summed E-state index contributed by atoms with van der Waals surface area (Å²) >= 11 is 7.33. The molecule has 0 atom stereocenters. The minimum atomic E-state index is 0.0695. The summed E-state index contributed by atoms with van der Waals surface area (Å²) in [5, 5.41) is 23.3. The van der Waals surface area contributed by atoms with Gasteiger partial charge in [0, 0.05) is 22.5 Å². The number of nitrogens with zero attached hydrogens (tertiary/aromatic N) is 1. The Labute approximate surface area is 108 Å². The number of anilines is 1. The van der Waals surface area contributed by atoms with Gasteiger partial charge >= 0.3 is 0 Å². The molecule has 0 radical (unpaired) electrons. The predicted molar refractivity (Wildman–Crippen MR) is 69.5 cm³/mol. The normalized spacial score (nSPS) is 9.88. The molecule has 0 bridgehead atoms. The number of benzene rings is 1. The van der Waals surface area contributed by atoms with E-state index in [-0.39, 0.29) is 5.75 Å². The van der Waals surface area contributed by atoms with Gasteiger partial charge in [-0.1, -0.05) is 11.6 Å². The van der Waals surface area contributed by atoms with Crippen LogP contribution in [0.4, 0.5) is 5.69 Å². The fraction of sp³-hybridized carbons (Fsp3) is 0.0833. The maximum atomic E-state index is 9.27. The van der Waals surface area contributed by atoms with E-state index >= 15 is 0 Å². The highest BCUT2D eigenvalue weighted by Crippen LogP contribution is 2.26. The Kier molecular flexibility index (Phi) is 3.52. The number of rotatable bonds is 3. The minimum absolute atomic E-state index is 0.0695. The van der Waals surface area contributed by atoms with Gasteiger partial charge in [-0.25, -0.2) is 0 Å². The zero-order chi connectivity index (χ0) is 12.3. The molecule has 1 aromatic carbocycles. The molecule has 3 nitrogen and oxygen atoms in total. The summed E-state index contributed by atoms with van der Waals surface area (Å²) in [4.78, 5) is 1.07. The summed E-state index contributed by atoms with van der Waals surface area (Å²) in [6.45, 7) is 0.632. The number of hydrogen-bond acceptors (Lipinski definition) is 4. The van der Waals surface area contributed by atoms with E-state index in [2.05, 4.69) is 11.4 Å². The fourth-order valence-corrected chi connectivity index (χ4v) is 2.27. The Bertz CT molecular complexity index is 574. The highest BCUT2D eigenvalue weighted by molar-refractivity contribution is 7.10. The Morgan fingerprint density at radius 3 is 2.88 bits per heavy atom. The molecule has 1 aromatic heterocycles. The van der Waals surface area contributed by atoms with Crippen LogP contribution in [0.3, 0.4) is 0 Å². The molecule has 17 heavy (non-hydrogen) atoms. The molecule has 0 saturated heterocycles. The monoisotopic (exact) mass is 264 g/mol. The number of halogens is 1. The lowest BCUT2D eigenvalue weighted by atomic mass is 10.3. The zero-order valence-corrected chi connectivity index (χ0v) is 10.3. The molecule has 0 amide bonds. The molecular formula is C12H9ClN2OS. The van der Waals surface area contributed by atoms with Crippen LogP contribution >= 0.6 is 22.9 Å². The van der Waals surface area contributed by atoms with Crippen molar-refractivity contribution in [3.8, 4) is 11.8 Å². The van der Waals surface area contributed by atoms with Crippen molar-refractivity contribution in [2.75, 3.05) is 5.32 Å². The molecule has 0 aliphatic heterocycles. The molecule has 5 heteroatoms. The molecular weight excluding hydrogens is 256 g/mol. The van der Waals surface area contributed by atoms with Gasteiger partial charge in [-0.15, -0.1) is 11.3 Å². The molecule has 0 saturated carbocycles. The van der Waals surface area contributed by atoms with E-state index in [4.69, 9.17) is 16.9 Å². The van der Waals surface area contributed by atoms with E-state index in [1.165, 1.54) is 11.3 Å². The number of phenolic OH excluding ortho intramolecular Hbond substituents is 1. The zero-order valence-electron chi connectivity index (χ0n) is 8.77. The maximum absolute atomic E-state index is 9.27. The predicted octanol–water partition coefficient (Wildman–Crippen LogP) is 3.59. The minimum Gasteiger partial charge on any atom is -0.506 e. The molecule has 86 valence electrons. The Morgan fingerprint density at radius 1 is 1.41 bits per heavy atom. The van der Waals surface area contributed by atoms with Crippen LogP contribution in [0.25, 0.3) is 0 Å². The highest BCUT2D eigenvalue weighted by atomic mass is 35.5. The molecule has 0 aliphatic carbocycles. The van der Waals surface area contributed by atoms with Crippen LogP contribution < -0.4 is 5.32 Å². The second-order valence-electron chi connectivity index (χ2n) is 3.43. The van der Waals surface area contributed by atoms with Crippen LogP contribution in [-0.4, -0.2) is 5.11 Å². The highest BCUT2D eigenvalue weighted by Gasteiger charge is 2.01. The SMILES string of the molecule is N#Cc1csc(CNc2ccc(O)c(Cl)c2)c1. The largest absolute Gasteiger partial charge is 0.506 e. The van der Waals surface area contributed by atoms with E-state index in [9.17, 15) is 5.11 Å². The maximum Gasteiger partial charge on any atom is 0.134 e. The van der Waals surface area contributed by atoms with Gasteiger partial charge in [0.1, 0.15) is 11.8 Å². The van der Waals surface area contributed by atoms with E-state index in [0.29, 0.717) is 17.1 Å². The van der Waals surface area contributed by atoms with Crippen LogP contribution in [-0.2, 0) is 6.54 Å². The first-order valence-corrected chi connectivity index (χ1v) is 6.14. The molecule has 0 spiro atoms. The third-order valence-corrected chi connectivity index (χ3v) is 3.44. The molecule has 1 heterocycles. The van der Waals surface area contributed by atoms with Crippen molar-refractivity contribution in [1.82, 2.24) is 0 Å². The first-order chi connectivity index (χ1) is 8.19. The summed E-state index contributed by atoms with van der Waals surface area (Å²) in [5.41, 5.74) is 1.51. The van der Waals surface area contributed by atoms with Gasteiger partial charge in [-0.3, -0.25) is 0 Å². The van der Waals surface area contributed by atoms with Crippen molar-refractivity contribution < 1.29 is 5.11 Å². The second-order valence-corrected chi connectivity index (χ2v) is 4.84. The van der Waals surface area contributed by atoms with Gasteiger partial charge in [0.15, 0.2) is 0 Å². The topological polar surface area (TPSA) is 56.0 Å². The summed E-state index contributed by atoms with van der Waals surface area (Å²) < 4.78 is 0. The van der Waals surface area contributed by atoms with E-state index in [0.717, 1.165) is 10.6 Å². The van der Waals surface area contributed by atoms with E-state index in [1.54, 1.807) is 18.2 Å². The summed E-state index contributed by atoms with van der Waals surface area (Å²) in [6.07, 6.45) is 0. The average Bonchev–Trinajstić information content (AvgIpc) is 2.79. The van der Waals surface area contributed by atoms with Crippen molar-refractivity contribution in [3.63, 3.8) is 0 Å². The van der Waals surface area contributed by atoms with Crippen LogP contribution in [0.5, 0.6) is 5.75 Å². The third kappa shape index (κ3) is 2.90. The first-order valence-electron chi connectivity index (χ1n) is 4.89. The van der Waals surface area contributed by atoms with Crippen LogP contribution in [0, 0.1) is 11.3 Å². The van der Waals surface area contributed by atoms with E-state index in [1.807, 2.05) is 11.4 Å². The molecule has 2 aromatic rings. The van der Waals surface area contributed by atoms with Crippen LogP contribution in [0.2, 0.25) is 5.02 Å². The number of thiophene rings is 1. The van der Waals surface area contributed by atoms with Gasteiger partial charge in [-0.05, 0) is 24.3 Å². The Balaban J connectivity index is 2.02. The van der Waals surface area contributed by atoms with Crippen molar-refractivity contribution in [2.24, 2.45) is 0 Å². The standard InChI is InChI=1S/C12H9ClN2OS/c13-11-4-9(1-2-12(11)16)15-6-10-3-8(5-14)7-17-10/h1-4,7,15-16H,6H2. The average molecular weight is 265 g/mol. The van der Waals surface area contributed by atoms with Gasteiger partial charge in [-0.2, -0.15) is 5.26 Å². The lowest BCUT2D eigenvalue weighted by molar-refractivity contribution is 0.475. The van der Waals surface area contributed by atoms with Gasteiger partial charge < -0.3 is 10.4 Å². The van der Waals surface area contributed by atoms with E-state index < -0.39 is 0 Å². The second kappa shape index (κ2) is 5.09. The molecule has 0 aliphatic rings. The lowest BCUT2D eigenvalue weighted by Gasteiger charge is -2.05. The summed E-state index contributed by atoms with van der Waals surface area (Å²) in [7, 11) is 0. The van der Waals surface area contributed by atoms with Crippen LogP contribution in [0.1, 0.15) is 10.4 Å². The Hall–Kier alpha value is -1.70. The van der Waals surface area contributed by atoms with Gasteiger partial charge in [0.2, 0.25) is 0 Å². The van der Waals surface area contributed by atoms with Gasteiger partial charge in [0.25, 0.3) is 0 Å². The summed E-state index contributed by atoms with van der Waals surface area (Å²) in [5.74, 6) is 0.0695. The first kappa shape index (κ1) is 11.8. The molecule has 0 fully saturated rings. The third-order valence-electron chi connectivity index (χ3n) is 2.20. The summed E-state index contributed by atoms with van der Waals surface area (Å²) in [6, 6.07) is 8.89. The van der Waals surface area contributed by atoms with Crippen LogP contribution in [0.15, 0.2) is 29.6 Å².